The molecule has 0 unspecified atom stereocenters. The lowest BCUT2D eigenvalue weighted by molar-refractivity contribution is -0.133. The Morgan fingerprint density at radius 2 is 2.17 bits per heavy atom. The number of carbonyl (C=O) groups excluding carboxylic acids is 3. The molecule has 1 aromatic heterocycles. The maximum atomic E-state index is 12.3. The molecule has 1 fully saturated rings. The van der Waals surface area contributed by atoms with Crippen LogP contribution in [0.25, 0.3) is 11.1 Å². The van der Waals surface area contributed by atoms with Crippen molar-refractivity contribution in [3.8, 4) is 0 Å². The van der Waals surface area contributed by atoms with E-state index in [1.807, 2.05) is 0 Å². The molecule has 2 heterocycles. The summed E-state index contributed by atoms with van der Waals surface area (Å²) in [6.07, 6.45) is 1.18. The molecule has 0 saturated carbocycles. The second-order valence-electron chi connectivity index (χ2n) is 5.27. The van der Waals surface area contributed by atoms with E-state index in [0.29, 0.717) is 23.2 Å². The van der Waals surface area contributed by atoms with Gasteiger partial charge in [0.2, 0.25) is 11.8 Å². The molecule has 8 heteroatoms. The highest BCUT2D eigenvalue weighted by molar-refractivity contribution is 6.00. The molecule has 1 N–H and O–H groups in total. The molecule has 1 aromatic carbocycles. The van der Waals surface area contributed by atoms with E-state index in [1.54, 1.807) is 25.2 Å². The number of fused-ring (bicyclic) bond motifs is 1. The first kappa shape index (κ1) is 15.7. The summed E-state index contributed by atoms with van der Waals surface area (Å²) < 4.78 is 5.63. The van der Waals surface area contributed by atoms with Gasteiger partial charge in [0.1, 0.15) is 12.1 Å². The molecule has 0 spiro atoms. The van der Waals surface area contributed by atoms with Crippen LogP contribution in [0.5, 0.6) is 0 Å². The number of anilines is 1. The minimum atomic E-state index is -0.283. The van der Waals surface area contributed by atoms with Gasteiger partial charge in [0.25, 0.3) is 5.91 Å². The molecule has 3 rings (SSSR count). The van der Waals surface area contributed by atoms with Crippen LogP contribution in [0, 0.1) is 0 Å². The van der Waals surface area contributed by atoms with E-state index in [-0.39, 0.29) is 36.8 Å². The smallest absolute Gasteiger partial charge is 0.305 e. The van der Waals surface area contributed by atoms with Crippen molar-refractivity contribution >= 4 is 34.8 Å². The normalized spacial score (nSPS) is 14.8. The molecular formula is C16H16N4O4. The summed E-state index contributed by atoms with van der Waals surface area (Å²) in [6.45, 7) is 4.03. The third-order valence-electron chi connectivity index (χ3n) is 3.80. The largest absolute Gasteiger partial charge is 0.423 e. The van der Waals surface area contributed by atoms with Crippen molar-refractivity contribution in [2.75, 3.05) is 31.6 Å². The number of oxazole rings is 1. The molecule has 124 valence electrons. The third-order valence-corrected chi connectivity index (χ3v) is 3.80. The highest BCUT2D eigenvalue weighted by Crippen LogP contribution is 2.24. The first-order valence-corrected chi connectivity index (χ1v) is 7.38. The van der Waals surface area contributed by atoms with Gasteiger partial charge in [-0.25, -0.2) is 0 Å². The van der Waals surface area contributed by atoms with Gasteiger partial charge in [-0.05, 0) is 24.3 Å². The third kappa shape index (κ3) is 2.73. The lowest BCUT2D eigenvalue weighted by atomic mass is 10.2. The van der Waals surface area contributed by atoms with Crippen LogP contribution in [0.4, 0.5) is 6.01 Å². The van der Waals surface area contributed by atoms with Gasteiger partial charge in [-0.1, -0.05) is 6.58 Å². The van der Waals surface area contributed by atoms with Crippen molar-refractivity contribution in [1.29, 1.82) is 0 Å². The SMILES string of the molecule is C=CC(=O)N1CCN(c2nc3ccc(C(=O)NC)cc3o2)C(=O)C1. The summed E-state index contributed by atoms with van der Waals surface area (Å²) in [6, 6.07) is 5.03. The average Bonchev–Trinajstić information content (AvgIpc) is 3.02. The Bertz CT molecular complexity index is 842. The Morgan fingerprint density at radius 3 is 2.83 bits per heavy atom. The van der Waals surface area contributed by atoms with Crippen molar-refractivity contribution in [2.45, 2.75) is 0 Å². The van der Waals surface area contributed by atoms with E-state index in [1.165, 1.54) is 15.9 Å². The van der Waals surface area contributed by atoms with E-state index < -0.39 is 0 Å². The fourth-order valence-corrected chi connectivity index (χ4v) is 2.51. The van der Waals surface area contributed by atoms with Gasteiger partial charge in [0, 0.05) is 25.7 Å². The number of aromatic nitrogens is 1. The Kier molecular flexibility index (Phi) is 4.03. The van der Waals surface area contributed by atoms with Gasteiger partial charge in [-0.2, -0.15) is 4.98 Å². The number of benzene rings is 1. The van der Waals surface area contributed by atoms with Gasteiger partial charge < -0.3 is 14.6 Å². The minimum Gasteiger partial charge on any atom is -0.423 e. The van der Waals surface area contributed by atoms with Gasteiger partial charge in [-0.3, -0.25) is 19.3 Å². The highest BCUT2D eigenvalue weighted by atomic mass is 16.4. The van der Waals surface area contributed by atoms with Gasteiger partial charge in [0.05, 0.1) is 0 Å². The zero-order valence-electron chi connectivity index (χ0n) is 13.1. The maximum Gasteiger partial charge on any atom is 0.305 e. The quantitative estimate of drug-likeness (QED) is 0.830. The fourth-order valence-electron chi connectivity index (χ4n) is 2.51. The molecule has 1 saturated heterocycles. The van der Waals surface area contributed by atoms with E-state index in [2.05, 4.69) is 16.9 Å². The topological polar surface area (TPSA) is 95.8 Å². The summed E-state index contributed by atoms with van der Waals surface area (Å²) in [5.41, 5.74) is 1.42. The van der Waals surface area contributed by atoms with Crippen LogP contribution in [0.2, 0.25) is 0 Å². The van der Waals surface area contributed by atoms with Gasteiger partial charge >= 0.3 is 6.01 Å². The van der Waals surface area contributed by atoms with Crippen LogP contribution in [0.15, 0.2) is 35.3 Å². The molecule has 0 radical (unpaired) electrons. The number of piperazine rings is 1. The number of hydrogen-bond donors (Lipinski definition) is 1. The van der Waals surface area contributed by atoms with Crippen LogP contribution < -0.4 is 10.2 Å². The summed E-state index contributed by atoms with van der Waals surface area (Å²) >= 11 is 0. The summed E-state index contributed by atoms with van der Waals surface area (Å²) in [5, 5.41) is 2.53. The predicted molar refractivity (Wildman–Crippen MR) is 86.5 cm³/mol. The number of carbonyl (C=O) groups is 3. The lowest BCUT2D eigenvalue weighted by Gasteiger charge is -2.31. The Balaban J connectivity index is 1.85. The summed E-state index contributed by atoms with van der Waals surface area (Å²) in [5.74, 6) is -0.798. The lowest BCUT2D eigenvalue weighted by Crippen LogP contribution is -2.52. The van der Waals surface area contributed by atoms with Crippen LogP contribution in [-0.4, -0.2) is 54.3 Å². The predicted octanol–water partition coefficient (Wildman–Crippen LogP) is 0.549. The summed E-state index contributed by atoms with van der Waals surface area (Å²) in [4.78, 5) is 42.6. The zero-order chi connectivity index (χ0) is 17.3. The Labute approximate surface area is 137 Å². The highest BCUT2D eigenvalue weighted by Gasteiger charge is 2.30. The number of nitrogens with one attached hydrogen (secondary N) is 1. The maximum absolute atomic E-state index is 12.3. The van der Waals surface area contributed by atoms with Gasteiger partial charge in [-0.15, -0.1) is 0 Å². The standard InChI is InChI=1S/C16H16N4O4/c1-3-13(21)19-6-7-20(14(22)9-19)16-18-11-5-4-10(15(23)17-2)8-12(11)24-16/h3-5,8H,1,6-7,9H2,2H3,(H,17,23). The van der Waals surface area contributed by atoms with Crippen LogP contribution >= 0.6 is 0 Å². The van der Waals surface area contributed by atoms with E-state index >= 15 is 0 Å². The number of hydrogen-bond acceptors (Lipinski definition) is 5. The zero-order valence-corrected chi connectivity index (χ0v) is 13.1. The molecule has 0 aliphatic carbocycles. The van der Waals surface area contributed by atoms with Crippen molar-refractivity contribution in [1.82, 2.24) is 15.2 Å². The Morgan fingerprint density at radius 1 is 1.38 bits per heavy atom. The van der Waals surface area contributed by atoms with E-state index in [4.69, 9.17) is 4.42 Å². The molecular weight excluding hydrogens is 312 g/mol. The number of nitrogens with zero attached hydrogens (tertiary/aromatic N) is 3. The molecule has 0 bridgehead atoms. The van der Waals surface area contributed by atoms with Crippen molar-refractivity contribution < 1.29 is 18.8 Å². The molecule has 0 atom stereocenters. The van der Waals surface area contributed by atoms with E-state index in [0.717, 1.165) is 0 Å². The summed E-state index contributed by atoms with van der Waals surface area (Å²) in [7, 11) is 1.54. The van der Waals surface area contributed by atoms with Gasteiger partial charge in [0.15, 0.2) is 5.58 Å². The minimum absolute atomic E-state index is 0.0485. The fraction of sp³-hybridized carbons (Fsp3) is 0.250. The second kappa shape index (κ2) is 6.15. The van der Waals surface area contributed by atoms with E-state index in [9.17, 15) is 14.4 Å². The monoisotopic (exact) mass is 328 g/mol. The molecule has 24 heavy (non-hydrogen) atoms. The molecule has 8 nitrogen and oxygen atoms in total. The van der Waals surface area contributed by atoms with Crippen LogP contribution in [-0.2, 0) is 9.59 Å². The molecule has 3 amide bonds. The first-order chi connectivity index (χ1) is 11.5. The number of rotatable bonds is 3. The second-order valence-corrected chi connectivity index (χ2v) is 5.27. The van der Waals surface area contributed by atoms with Crippen LogP contribution in [0.3, 0.4) is 0 Å². The molecule has 2 aromatic rings. The van der Waals surface area contributed by atoms with Crippen molar-refractivity contribution in [2.24, 2.45) is 0 Å². The Hall–Kier alpha value is -3.16. The molecule has 1 aliphatic rings. The average molecular weight is 328 g/mol. The van der Waals surface area contributed by atoms with Crippen molar-refractivity contribution in [3.05, 3.63) is 36.4 Å². The molecule has 1 aliphatic heterocycles. The van der Waals surface area contributed by atoms with Crippen LogP contribution in [0.1, 0.15) is 10.4 Å². The first-order valence-electron chi connectivity index (χ1n) is 7.38. The van der Waals surface area contributed by atoms with Crippen molar-refractivity contribution in [3.63, 3.8) is 0 Å². The number of amides is 3.